The number of nitrogens with one attached hydrogen (secondary N) is 3. The molecule has 0 unspecified atom stereocenters. The maximum Gasteiger partial charge on any atom is 0.253 e. The fourth-order valence-electron chi connectivity index (χ4n) is 3.65. The van der Waals surface area contributed by atoms with Crippen molar-refractivity contribution >= 4 is 29.1 Å². The van der Waals surface area contributed by atoms with Gasteiger partial charge in [0.15, 0.2) is 0 Å². The van der Waals surface area contributed by atoms with Gasteiger partial charge in [-0.3, -0.25) is 14.4 Å². The van der Waals surface area contributed by atoms with Crippen molar-refractivity contribution in [1.82, 2.24) is 10.2 Å². The molecule has 32 heavy (non-hydrogen) atoms. The van der Waals surface area contributed by atoms with Crippen LogP contribution in [0, 0.1) is 0 Å². The lowest BCUT2D eigenvalue weighted by Crippen LogP contribution is -2.31. The summed E-state index contributed by atoms with van der Waals surface area (Å²) < 4.78 is 0. The van der Waals surface area contributed by atoms with E-state index in [9.17, 15) is 14.4 Å². The number of hydrogen-bond acceptors (Lipinski definition) is 4. The van der Waals surface area contributed by atoms with Gasteiger partial charge in [-0.2, -0.15) is 0 Å². The Morgan fingerprint density at radius 1 is 0.875 bits per heavy atom. The molecule has 1 saturated heterocycles. The molecular weight excluding hydrogens is 404 g/mol. The number of benzene rings is 2. The van der Waals surface area contributed by atoms with Gasteiger partial charge in [-0.25, -0.2) is 0 Å². The molecule has 0 radical (unpaired) electrons. The average molecular weight is 437 g/mol. The lowest BCUT2D eigenvalue weighted by molar-refractivity contribution is -0.114. The highest BCUT2D eigenvalue weighted by Gasteiger charge is 2.17. The first-order valence-electron chi connectivity index (χ1n) is 11.4. The summed E-state index contributed by atoms with van der Waals surface area (Å²) in [4.78, 5) is 39.0. The van der Waals surface area contributed by atoms with Gasteiger partial charge in [-0.1, -0.05) is 25.8 Å². The Balaban J connectivity index is 1.51. The second-order valence-corrected chi connectivity index (χ2v) is 8.02. The van der Waals surface area contributed by atoms with Crippen LogP contribution in [-0.2, 0) is 4.79 Å². The Labute approximate surface area is 189 Å². The van der Waals surface area contributed by atoms with Crippen LogP contribution in [0.2, 0.25) is 0 Å². The van der Waals surface area contributed by atoms with E-state index in [1.165, 1.54) is 12.8 Å². The SMILES string of the molecule is CCCNC(=O)c1ccc(NC(=O)CNc2cccc(C(=O)N3CCCCCC3)c2)cc1. The molecule has 1 heterocycles. The largest absolute Gasteiger partial charge is 0.376 e. The molecule has 0 atom stereocenters. The molecule has 0 saturated carbocycles. The van der Waals surface area contributed by atoms with E-state index in [0.717, 1.165) is 38.0 Å². The fraction of sp³-hybridized carbons (Fsp3) is 0.400. The minimum Gasteiger partial charge on any atom is -0.376 e. The van der Waals surface area contributed by atoms with E-state index in [1.807, 2.05) is 30.0 Å². The van der Waals surface area contributed by atoms with E-state index in [1.54, 1.807) is 30.3 Å². The summed E-state index contributed by atoms with van der Waals surface area (Å²) in [5.41, 5.74) is 2.53. The third kappa shape index (κ3) is 6.83. The summed E-state index contributed by atoms with van der Waals surface area (Å²) in [6.07, 6.45) is 5.33. The number of anilines is 2. The topological polar surface area (TPSA) is 90.5 Å². The smallest absolute Gasteiger partial charge is 0.253 e. The van der Waals surface area contributed by atoms with Crippen molar-refractivity contribution in [3.05, 3.63) is 59.7 Å². The molecule has 3 rings (SSSR count). The molecule has 1 fully saturated rings. The maximum absolute atomic E-state index is 12.8. The van der Waals surface area contributed by atoms with Crippen LogP contribution >= 0.6 is 0 Å². The standard InChI is InChI=1S/C25H32N4O3/c1-2-14-26-24(31)19-10-12-21(13-11-19)28-23(30)18-27-22-9-7-8-20(17-22)25(32)29-15-5-3-4-6-16-29/h7-13,17,27H,2-6,14-16,18H2,1H3,(H,26,31)(H,28,30). The van der Waals surface area contributed by atoms with E-state index >= 15 is 0 Å². The predicted molar refractivity (Wildman–Crippen MR) is 127 cm³/mol. The second-order valence-electron chi connectivity index (χ2n) is 8.02. The Morgan fingerprint density at radius 3 is 2.28 bits per heavy atom. The summed E-state index contributed by atoms with van der Waals surface area (Å²) in [7, 11) is 0. The summed E-state index contributed by atoms with van der Waals surface area (Å²) in [5.74, 6) is -0.290. The van der Waals surface area contributed by atoms with E-state index in [-0.39, 0.29) is 24.3 Å². The monoisotopic (exact) mass is 436 g/mol. The van der Waals surface area contributed by atoms with Gasteiger partial charge in [-0.15, -0.1) is 0 Å². The Bertz CT molecular complexity index is 919. The van der Waals surface area contributed by atoms with Gasteiger partial charge < -0.3 is 20.9 Å². The average Bonchev–Trinajstić information content (AvgIpc) is 3.11. The van der Waals surface area contributed by atoms with Crippen LogP contribution in [0.3, 0.4) is 0 Å². The van der Waals surface area contributed by atoms with Crippen molar-refractivity contribution in [3.63, 3.8) is 0 Å². The molecule has 1 aliphatic heterocycles. The molecule has 2 aromatic carbocycles. The minimum absolute atomic E-state index is 0.0445. The van der Waals surface area contributed by atoms with Crippen molar-refractivity contribution in [1.29, 1.82) is 0 Å². The molecule has 170 valence electrons. The fourth-order valence-corrected chi connectivity index (χ4v) is 3.65. The van der Waals surface area contributed by atoms with Crippen LogP contribution in [0.4, 0.5) is 11.4 Å². The number of nitrogens with zero attached hydrogens (tertiary/aromatic N) is 1. The number of likely N-dealkylation sites (tertiary alicyclic amines) is 1. The molecule has 7 nitrogen and oxygen atoms in total. The molecule has 1 aliphatic rings. The highest BCUT2D eigenvalue weighted by atomic mass is 16.2. The van der Waals surface area contributed by atoms with Crippen LogP contribution in [-0.4, -0.2) is 48.8 Å². The number of carbonyl (C=O) groups excluding carboxylic acids is 3. The van der Waals surface area contributed by atoms with E-state index in [0.29, 0.717) is 23.4 Å². The molecule has 7 heteroatoms. The first kappa shape index (κ1) is 23.3. The Kier molecular flexibility index (Phi) is 8.66. The van der Waals surface area contributed by atoms with Crippen LogP contribution in [0.5, 0.6) is 0 Å². The molecule has 0 bridgehead atoms. The quantitative estimate of drug-likeness (QED) is 0.586. The Morgan fingerprint density at radius 2 is 1.59 bits per heavy atom. The van der Waals surface area contributed by atoms with Crippen molar-refractivity contribution in [3.8, 4) is 0 Å². The number of rotatable bonds is 8. The maximum atomic E-state index is 12.8. The van der Waals surface area contributed by atoms with Crippen LogP contribution in [0.1, 0.15) is 59.7 Å². The second kappa shape index (κ2) is 11.9. The molecule has 0 aromatic heterocycles. The summed E-state index contributed by atoms with van der Waals surface area (Å²) >= 11 is 0. The van der Waals surface area contributed by atoms with Gasteiger partial charge in [0.2, 0.25) is 5.91 Å². The van der Waals surface area contributed by atoms with Crippen molar-refractivity contribution in [2.45, 2.75) is 39.0 Å². The lowest BCUT2D eigenvalue weighted by atomic mass is 10.1. The number of carbonyl (C=O) groups is 3. The lowest BCUT2D eigenvalue weighted by Gasteiger charge is -2.20. The molecule has 0 aliphatic carbocycles. The Hall–Kier alpha value is -3.35. The van der Waals surface area contributed by atoms with Crippen LogP contribution in [0.25, 0.3) is 0 Å². The zero-order valence-electron chi connectivity index (χ0n) is 18.7. The van der Waals surface area contributed by atoms with Crippen LogP contribution in [0.15, 0.2) is 48.5 Å². The molecule has 2 aromatic rings. The van der Waals surface area contributed by atoms with Crippen LogP contribution < -0.4 is 16.0 Å². The van der Waals surface area contributed by atoms with E-state index in [4.69, 9.17) is 0 Å². The van der Waals surface area contributed by atoms with Crippen molar-refractivity contribution in [2.75, 3.05) is 36.8 Å². The zero-order valence-corrected chi connectivity index (χ0v) is 18.7. The summed E-state index contributed by atoms with van der Waals surface area (Å²) in [6.45, 7) is 4.31. The zero-order chi connectivity index (χ0) is 22.8. The normalized spacial score (nSPS) is 13.7. The van der Waals surface area contributed by atoms with Gasteiger partial charge in [0.05, 0.1) is 6.54 Å². The van der Waals surface area contributed by atoms with Gasteiger partial charge in [-0.05, 0) is 61.7 Å². The third-order valence-corrected chi connectivity index (χ3v) is 5.42. The van der Waals surface area contributed by atoms with E-state index < -0.39 is 0 Å². The first-order chi connectivity index (χ1) is 15.6. The van der Waals surface area contributed by atoms with Gasteiger partial charge in [0.1, 0.15) is 0 Å². The molecule has 0 spiro atoms. The first-order valence-corrected chi connectivity index (χ1v) is 11.4. The van der Waals surface area contributed by atoms with Gasteiger partial charge >= 0.3 is 0 Å². The molecule has 3 amide bonds. The summed E-state index contributed by atoms with van der Waals surface area (Å²) in [6, 6.07) is 14.1. The summed E-state index contributed by atoms with van der Waals surface area (Å²) in [5, 5.41) is 8.71. The number of hydrogen-bond donors (Lipinski definition) is 3. The van der Waals surface area contributed by atoms with Crippen molar-refractivity contribution in [2.24, 2.45) is 0 Å². The van der Waals surface area contributed by atoms with Gasteiger partial charge in [0.25, 0.3) is 11.8 Å². The minimum atomic E-state index is -0.211. The molecule has 3 N–H and O–H groups in total. The highest BCUT2D eigenvalue weighted by molar-refractivity contribution is 5.97. The van der Waals surface area contributed by atoms with Crippen molar-refractivity contribution < 1.29 is 14.4 Å². The predicted octanol–water partition coefficient (Wildman–Crippen LogP) is 3.89. The van der Waals surface area contributed by atoms with Gasteiger partial charge in [0, 0.05) is 42.1 Å². The molecular formula is C25H32N4O3. The highest BCUT2D eigenvalue weighted by Crippen LogP contribution is 2.16. The van der Waals surface area contributed by atoms with E-state index in [2.05, 4.69) is 16.0 Å². The number of amides is 3. The third-order valence-electron chi connectivity index (χ3n) is 5.42.